The second-order valence-electron chi connectivity index (χ2n) is 7.22. The van der Waals surface area contributed by atoms with Crippen LogP contribution >= 0.6 is 0 Å². The maximum atomic E-state index is 13.0. The van der Waals surface area contributed by atoms with E-state index in [0.29, 0.717) is 11.5 Å². The molecule has 1 saturated heterocycles. The minimum atomic E-state index is -0.482. The van der Waals surface area contributed by atoms with Gasteiger partial charge in [-0.25, -0.2) is 0 Å². The van der Waals surface area contributed by atoms with Crippen LogP contribution in [-0.4, -0.2) is 41.9 Å². The maximum absolute atomic E-state index is 13.0. The smallest absolute Gasteiger partial charge is 0.251 e. The van der Waals surface area contributed by atoms with Crippen molar-refractivity contribution in [2.75, 3.05) is 13.1 Å². The second-order valence-corrected chi connectivity index (χ2v) is 7.22. The molecule has 2 rings (SSSR count). The summed E-state index contributed by atoms with van der Waals surface area (Å²) in [7, 11) is 0. The van der Waals surface area contributed by atoms with E-state index in [1.54, 1.807) is 12.1 Å². The topological polar surface area (TPSA) is 75.4 Å². The molecule has 2 amide bonds. The number of nitrogens with two attached hydrogens (primary N) is 1. The number of likely N-dealkylation sites (tertiary alicyclic amines) is 1. The Morgan fingerprint density at radius 3 is 2.32 bits per heavy atom. The monoisotopic (exact) mass is 345 g/mol. The van der Waals surface area contributed by atoms with Gasteiger partial charge in [-0.05, 0) is 43.7 Å². The first-order valence-corrected chi connectivity index (χ1v) is 9.34. The van der Waals surface area contributed by atoms with Gasteiger partial charge in [0.1, 0.15) is 6.04 Å². The molecule has 0 radical (unpaired) electrons. The van der Waals surface area contributed by atoms with Crippen LogP contribution < -0.4 is 11.1 Å². The molecule has 1 aromatic carbocycles. The predicted molar refractivity (Wildman–Crippen MR) is 100 cm³/mol. The van der Waals surface area contributed by atoms with E-state index in [1.165, 1.54) is 0 Å². The van der Waals surface area contributed by atoms with Gasteiger partial charge in [-0.1, -0.05) is 38.5 Å². The highest BCUT2D eigenvalue weighted by molar-refractivity contribution is 5.97. The van der Waals surface area contributed by atoms with Crippen LogP contribution in [0.15, 0.2) is 30.3 Å². The molecule has 1 fully saturated rings. The van der Waals surface area contributed by atoms with E-state index >= 15 is 0 Å². The quantitative estimate of drug-likeness (QED) is 0.831. The van der Waals surface area contributed by atoms with Crippen molar-refractivity contribution in [3.8, 4) is 0 Å². The lowest BCUT2D eigenvalue weighted by Gasteiger charge is -2.37. The zero-order valence-corrected chi connectivity index (χ0v) is 15.6. The molecule has 3 unspecified atom stereocenters. The lowest BCUT2D eigenvalue weighted by Crippen LogP contribution is -2.54. The van der Waals surface area contributed by atoms with E-state index in [-0.39, 0.29) is 23.8 Å². The van der Waals surface area contributed by atoms with Crippen molar-refractivity contribution in [3.05, 3.63) is 35.9 Å². The van der Waals surface area contributed by atoms with Gasteiger partial charge in [0.25, 0.3) is 5.91 Å². The number of nitrogens with one attached hydrogen (secondary N) is 1. The molecule has 0 aliphatic carbocycles. The minimum absolute atomic E-state index is 0.0294. The third-order valence-corrected chi connectivity index (χ3v) is 5.40. The van der Waals surface area contributed by atoms with Crippen LogP contribution in [0.3, 0.4) is 0 Å². The predicted octanol–water partition coefficient (Wildman–Crippen LogP) is 2.42. The number of amides is 2. The minimum Gasteiger partial charge on any atom is -0.341 e. The molecule has 1 heterocycles. The molecule has 0 spiro atoms. The molecule has 25 heavy (non-hydrogen) atoms. The van der Waals surface area contributed by atoms with Crippen LogP contribution in [0.4, 0.5) is 0 Å². The van der Waals surface area contributed by atoms with Crippen LogP contribution in [0.2, 0.25) is 0 Å². The summed E-state index contributed by atoms with van der Waals surface area (Å²) >= 11 is 0. The summed E-state index contributed by atoms with van der Waals surface area (Å²) in [6.45, 7) is 7.53. The fourth-order valence-electron chi connectivity index (χ4n) is 3.34. The number of hydrogen-bond donors (Lipinski definition) is 2. The van der Waals surface area contributed by atoms with Crippen molar-refractivity contribution in [2.24, 2.45) is 17.6 Å². The van der Waals surface area contributed by atoms with Gasteiger partial charge >= 0.3 is 0 Å². The molecule has 1 aromatic rings. The molecule has 1 aliphatic rings. The lowest BCUT2D eigenvalue weighted by molar-refractivity contribution is -0.136. The van der Waals surface area contributed by atoms with E-state index in [4.69, 9.17) is 5.73 Å². The number of piperidine rings is 1. The summed E-state index contributed by atoms with van der Waals surface area (Å²) in [6, 6.07) is 8.74. The summed E-state index contributed by atoms with van der Waals surface area (Å²) in [5.74, 6) is 0.405. The van der Waals surface area contributed by atoms with Crippen LogP contribution in [0.25, 0.3) is 0 Å². The zero-order chi connectivity index (χ0) is 18.4. The van der Waals surface area contributed by atoms with Crippen LogP contribution in [0, 0.1) is 11.8 Å². The van der Waals surface area contributed by atoms with Crippen LogP contribution in [-0.2, 0) is 4.79 Å². The molecule has 1 aliphatic heterocycles. The van der Waals surface area contributed by atoms with Crippen molar-refractivity contribution in [2.45, 2.75) is 52.1 Å². The molecule has 3 atom stereocenters. The Morgan fingerprint density at radius 2 is 1.80 bits per heavy atom. The van der Waals surface area contributed by atoms with Gasteiger partial charge in [0, 0.05) is 24.7 Å². The molecule has 5 heteroatoms. The highest BCUT2D eigenvalue weighted by Gasteiger charge is 2.32. The summed E-state index contributed by atoms with van der Waals surface area (Å²) in [5.41, 5.74) is 6.57. The molecular weight excluding hydrogens is 314 g/mol. The Balaban J connectivity index is 2.04. The highest BCUT2D eigenvalue weighted by atomic mass is 16.2. The molecule has 138 valence electrons. The number of carbonyl (C=O) groups is 2. The van der Waals surface area contributed by atoms with E-state index in [9.17, 15) is 9.59 Å². The van der Waals surface area contributed by atoms with Crippen molar-refractivity contribution < 1.29 is 9.59 Å². The maximum Gasteiger partial charge on any atom is 0.251 e. The average molecular weight is 345 g/mol. The van der Waals surface area contributed by atoms with Gasteiger partial charge in [-0.2, -0.15) is 0 Å². The van der Waals surface area contributed by atoms with Crippen molar-refractivity contribution in [1.82, 2.24) is 10.2 Å². The number of benzene rings is 1. The van der Waals surface area contributed by atoms with Crippen molar-refractivity contribution in [3.63, 3.8) is 0 Å². The molecule has 5 nitrogen and oxygen atoms in total. The summed E-state index contributed by atoms with van der Waals surface area (Å²) < 4.78 is 0. The third-order valence-electron chi connectivity index (χ3n) is 5.40. The van der Waals surface area contributed by atoms with Crippen molar-refractivity contribution in [1.29, 1.82) is 0 Å². The Kier molecular flexibility index (Phi) is 7.00. The van der Waals surface area contributed by atoms with E-state index < -0.39 is 6.04 Å². The van der Waals surface area contributed by atoms with E-state index in [1.807, 2.05) is 43.9 Å². The summed E-state index contributed by atoms with van der Waals surface area (Å²) in [4.78, 5) is 27.4. The molecular formula is C20H31N3O2. The third kappa shape index (κ3) is 5.05. The van der Waals surface area contributed by atoms with Crippen molar-refractivity contribution >= 4 is 11.8 Å². The molecule has 3 N–H and O–H groups in total. The van der Waals surface area contributed by atoms with Gasteiger partial charge in [0.2, 0.25) is 5.91 Å². The number of carbonyl (C=O) groups excluding carboxylic acids is 2. The number of hydrogen-bond acceptors (Lipinski definition) is 3. The molecule has 0 bridgehead atoms. The fraction of sp³-hybridized carbons (Fsp3) is 0.600. The standard InChI is InChI=1S/C20H31N3O2/c1-4-14(2)18(22-19(24)17-8-6-5-7-9-17)20(25)23-12-10-16(11-13-23)15(3)21/h5-9,14-16,18H,4,10-13,21H2,1-3H3,(H,22,24). The Morgan fingerprint density at radius 1 is 1.20 bits per heavy atom. The van der Waals surface area contributed by atoms with Gasteiger partial charge in [-0.15, -0.1) is 0 Å². The van der Waals surface area contributed by atoms with Gasteiger partial charge in [-0.3, -0.25) is 9.59 Å². The first kappa shape index (κ1) is 19.4. The Labute approximate surface area is 151 Å². The van der Waals surface area contributed by atoms with Gasteiger partial charge in [0.05, 0.1) is 0 Å². The molecule has 0 aromatic heterocycles. The van der Waals surface area contributed by atoms with Crippen LogP contribution in [0.1, 0.15) is 50.4 Å². The highest BCUT2D eigenvalue weighted by Crippen LogP contribution is 2.21. The largest absolute Gasteiger partial charge is 0.341 e. The molecule has 0 saturated carbocycles. The zero-order valence-electron chi connectivity index (χ0n) is 15.6. The van der Waals surface area contributed by atoms with E-state index in [2.05, 4.69) is 5.32 Å². The van der Waals surface area contributed by atoms with Gasteiger partial charge in [0.15, 0.2) is 0 Å². The summed E-state index contributed by atoms with van der Waals surface area (Å²) in [5, 5.41) is 2.96. The first-order chi connectivity index (χ1) is 11.9. The van der Waals surface area contributed by atoms with Crippen LogP contribution in [0.5, 0.6) is 0 Å². The lowest BCUT2D eigenvalue weighted by atomic mass is 9.89. The number of rotatable bonds is 6. The van der Waals surface area contributed by atoms with E-state index in [0.717, 1.165) is 32.4 Å². The normalized spacial score (nSPS) is 19.1. The number of nitrogens with zero attached hydrogens (tertiary/aromatic N) is 1. The Hall–Kier alpha value is -1.88. The second kappa shape index (κ2) is 8.99. The Bertz CT molecular complexity index is 566. The fourth-order valence-corrected chi connectivity index (χ4v) is 3.34. The SMILES string of the molecule is CCC(C)C(NC(=O)c1ccccc1)C(=O)N1CCC(C(C)N)CC1. The summed E-state index contributed by atoms with van der Waals surface area (Å²) in [6.07, 6.45) is 2.70. The van der Waals surface area contributed by atoms with Gasteiger partial charge < -0.3 is 16.0 Å². The first-order valence-electron chi connectivity index (χ1n) is 9.34. The average Bonchev–Trinajstić information content (AvgIpc) is 2.65.